The lowest BCUT2D eigenvalue weighted by Gasteiger charge is -2.56. The van der Waals surface area contributed by atoms with Crippen molar-refractivity contribution in [3.8, 4) is 0 Å². The Balaban J connectivity index is 1.63. The highest BCUT2D eigenvalue weighted by molar-refractivity contribution is 5.93. The molecule has 2 fully saturated rings. The molecular weight excluding hydrogens is 519 g/mol. The summed E-state index contributed by atoms with van der Waals surface area (Å²) in [5.41, 5.74) is -0.503. The lowest BCUT2D eigenvalue weighted by atomic mass is 9.50. The summed E-state index contributed by atoms with van der Waals surface area (Å²) >= 11 is 0. The molecule has 0 amide bonds. The van der Waals surface area contributed by atoms with Crippen LogP contribution in [0.15, 0.2) is 47.1 Å². The van der Waals surface area contributed by atoms with Gasteiger partial charge in [-0.05, 0) is 85.6 Å². The van der Waals surface area contributed by atoms with Crippen LogP contribution in [-0.4, -0.2) is 34.6 Å². The zero-order chi connectivity index (χ0) is 28.5. The van der Waals surface area contributed by atoms with Gasteiger partial charge in [-0.25, -0.2) is 0 Å². The standard InChI is InChI=1S/C30H33F5O4/c1-16(39-17(2)36)18-4-6-19(7-5-18)24-15-27(3)25(12-13-28(27,38)29(31,32)30(33,34)35)23-10-8-20-14-21(37)9-11-22(20)26(23)24/h4-7,14,16,23-25,38H,8-13,15H2,1-3H3/t16-,23?,24+,25?,27-,28-/m0/s1. The van der Waals surface area contributed by atoms with E-state index in [9.17, 15) is 27.9 Å². The van der Waals surface area contributed by atoms with Gasteiger partial charge in [-0.1, -0.05) is 36.8 Å². The van der Waals surface area contributed by atoms with Crippen LogP contribution in [0.1, 0.15) is 88.9 Å². The van der Waals surface area contributed by atoms with Gasteiger partial charge in [0, 0.05) is 24.7 Å². The highest BCUT2D eigenvalue weighted by Crippen LogP contribution is 2.70. The molecule has 5 rings (SSSR count). The molecule has 4 nitrogen and oxygen atoms in total. The molecule has 0 bridgehead atoms. The second-order valence-electron chi connectivity index (χ2n) is 11.9. The van der Waals surface area contributed by atoms with Crippen molar-refractivity contribution in [3.63, 3.8) is 0 Å². The Labute approximate surface area is 224 Å². The Morgan fingerprint density at radius 1 is 1.08 bits per heavy atom. The summed E-state index contributed by atoms with van der Waals surface area (Å²) in [6.45, 7) is 4.44. The molecule has 6 atom stereocenters. The van der Waals surface area contributed by atoms with E-state index in [1.807, 2.05) is 0 Å². The molecule has 4 aliphatic carbocycles. The minimum absolute atomic E-state index is 0.0360. The Bertz CT molecular complexity index is 1250. The molecule has 4 aliphatic rings. The normalized spacial score (nSPS) is 33.6. The zero-order valence-electron chi connectivity index (χ0n) is 22.2. The second-order valence-corrected chi connectivity index (χ2v) is 11.9. The van der Waals surface area contributed by atoms with Gasteiger partial charge >= 0.3 is 18.1 Å². The number of allylic oxidation sites excluding steroid dienone is 4. The number of alkyl halides is 5. The van der Waals surface area contributed by atoms with Crippen LogP contribution in [0.5, 0.6) is 0 Å². The van der Waals surface area contributed by atoms with Gasteiger partial charge < -0.3 is 9.84 Å². The van der Waals surface area contributed by atoms with Crippen LogP contribution < -0.4 is 0 Å². The maximum atomic E-state index is 15.1. The van der Waals surface area contributed by atoms with Crippen molar-refractivity contribution in [3.05, 3.63) is 58.2 Å². The van der Waals surface area contributed by atoms with Crippen LogP contribution in [0.4, 0.5) is 22.0 Å². The predicted octanol–water partition coefficient (Wildman–Crippen LogP) is 7.14. The molecule has 0 spiro atoms. The number of benzene rings is 1. The van der Waals surface area contributed by atoms with Gasteiger partial charge in [0.15, 0.2) is 5.78 Å². The van der Waals surface area contributed by atoms with E-state index >= 15 is 8.78 Å². The number of ketones is 1. The van der Waals surface area contributed by atoms with Crippen molar-refractivity contribution in [2.24, 2.45) is 17.3 Å². The maximum absolute atomic E-state index is 15.1. The highest BCUT2D eigenvalue weighted by atomic mass is 19.4. The highest BCUT2D eigenvalue weighted by Gasteiger charge is 2.79. The van der Waals surface area contributed by atoms with Crippen molar-refractivity contribution in [2.75, 3.05) is 0 Å². The molecule has 1 aromatic rings. The third-order valence-corrected chi connectivity index (χ3v) is 9.91. The molecule has 39 heavy (non-hydrogen) atoms. The SMILES string of the molecule is CC(=O)O[C@@H](C)c1ccc([C@H]2C[C@@]3(C)C(CC[C@@]3(O)C(F)(F)C(F)(F)F)C3CCC4=CC(=O)CCC4=C32)cc1. The Hall–Kier alpha value is -2.55. The predicted molar refractivity (Wildman–Crippen MR) is 133 cm³/mol. The number of fused-ring (bicyclic) bond motifs is 4. The molecular formula is C30H33F5O4. The van der Waals surface area contributed by atoms with E-state index in [1.165, 1.54) is 13.8 Å². The zero-order valence-corrected chi connectivity index (χ0v) is 22.2. The lowest BCUT2D eigenvalue weighted by Crippen LogP contribution is -2.65. The van der Waals surface area contributed by atoms with Crippen molar-refractivity contribution in [1.29, 1.82) is 0 Å². The van der Waals surface area contributed by atoms with Crippen molar-refractivity contribution in [2.45, 2.75) is 95.4 Å². The molecule has 1 aromatic carbocycles. The molecule has 1 N–H and O–H groups in total. The number of carbonyl (C=O) groups excluding carboxylic acids is 2. The van der Waals surface area contributed by atoms with E-state index in [2.05, 4.69) is 0 Å². The quantitative estimate of drug-likeness (QED) is 0.319. The Kier molecular flexibility index (Phi) is 6.64. The Morgan fingerprint density at radius 3 is 2.36 bits per heavy atom. The number of rotatable bonds is 4. The summed E-state index contributed by atoms with van der Waals surface area (Å²) in [6, 6.07) is 7.14. The molecule has 212 valence electrons. The van der Waals surface area contributed by atoms with E-state index < -0.39 is 53.4 Å². The molecule has 0 radical (unpaired) electrons. The fourth-order valence-electron chi connectivity index (χ4n) is 8.03. The van der Waals surface area contributed by atoms with Gasteiger partial charge in [0.2, 0.25) is 0 Å². The number of aliphatic hydroxyl groups is 1. The fraction of sp³-hybridized carbons (Fsp3) is 0.600. The maximum Gasteiger partial charge on any atom is 0.456 e. The number of hydrogen-bond donors (Lipinski definition) is 1. The van der Waals surface area contributed by atoms with Crippen molar-refractivity contribution in [1.82, 2.24) is 0 Å². The topological polar surface area (TPSA) is 63.6 Å². The second kappa shape index (κ2) is 9.25. The minimum atomic E-state index is -5.88. The molecule has 0 heterocycles. The van der Waals surface area contributed by atoms with Gasteiger partial charge in [0.25, 0.3) is 0 Å². The first-order valence-corrected chi connectivity index (χ1v) is 13.5. The Morgan fingerprint density at radius 2 is 1.74 bits per heavy atom. The van der Waals surface area contributed by atoms with Gasteiger partial charge in [-0.2, -0.15) is 22.0 Å². The molecule has 9 heteroatoms. The van der Waals surface area contributed by atoms with Crippen LogP contribution in [-0.2, 0) is 14.3 Å². The summed E-state index contributed by atoms with van der Waals surface area (Å²) < 4.78 is 76.5. The van der Waals surface area contributed by atoms with Crippen LogP contribution >= 0.6 is 0 Å². The fourth-order valence-corrected chi connectivity index (χ4v) is 8.03. The van der Waals surface area contributed by atoms with Gasteiger partial charge in [-0.3, -0.25) is 9.59 Å². The van der Waals surface area contributed by atoms with E-state index in [0.29, 0.717) is 25.7 Å². The first-order chi connectivity index (χ1) is 18.1. The van der Waals surface area contributed by atoms with Crippen LogP contribution in [0.25, 0.3) is 0 Å². The summed E-state index contributed by atoms with van der Waals surface area (Å²) in [5.74, 6) is -6.99. The van der Waals surface area contributed by atoms with E-state index in [-0.39, 0.29) is 24.5 Å². The van der Waals surface area contributed by atoms with Crippen molar-refractivity contribution < 1.29 is 41.4 Å². The number of hydrogen-bond acceptors (Lipinski definition) is 4. The summed E-state index contributed by atoms with van der Waals surface area (Å²) in [4.78, 5) is 23.6. The average Bonchev–Trinajstić information content (AvgIpc) is 3.14. The average molecular weight is 553 g/mol. The molecule has 0 saturated heterocycles. The smallest absolute Gasteiger partial charge is 0.456 e. The first-order valence-electron chi connectivity index (χ1n) is 13.5. The summed E-state index contributed by atoms with van der Waals surface area (Å²) in [6.07, 6.45) is -3.44. The van der Waals surface area contributed by atoms with E-state index in [4.69, 9.17) is 4.74 Å². The van der Waals surface area contributed by atoms with Crippen LogP contribution in [0.3, 0.4) is 0 Å². The third kappa shape index (κ3) is 4.18. The summed E-state index contributed by atoms with van der Waals surface area (Å²) in [5, 5.41) is 11.3. The molecule has 2 unspecified atom stereocenters. The van der Waals surface area contributed by atoms with Gasteiger partial charge in [-0.15, -0.1) is 0 Å². The van der Waals surface area contributed by atoms with Crippen molar-refractivity contribution >= 4 is 11.8 Å². The van der Waals surface area contributed by atoms with E-state index in [0.717, 1.165) is 27.8 Å². The first kappa shape index (κ1) is 28.0. The van der Waals surface area contributed by atoms with Gasteiger partial charge in [0.1, 0.15) is 11.7 Å². The molecule has 2 saturated carbocycles. The summed E-state index contributed by atoms with van der Waals surface area (Å²) in [7, 11) is 0. The van der Waals surface area contributed by atoms with Crippen LogP contribution in [0, 0.1) is 17.3 Å². The molecule has 0 aromatic heterocycles. The monoisotopic (exact) mass is 552 g/mol. The molecule has 0 aliphatic heterocycles. The van der Waals surface area contributed by atoms with Gasteiger partial charge in [0.05, 0.1) is 0 Å². The number of esters is 1. The van der Waals surface area contributed by atoms with Crippen LogP contribution in [0.2, 0.25) is 0 Å². The largest absolute Gasteiger partial charge is 0.458 e. The third-order valence-electron chi connectivity index (χ3n) is 9.91. The number of ether oxygens (including phenoxy) is 1. The van der Waals surface area contributed by atoms with E-state index in [1.54, 1.807) is 37.3 Å². The number of halogens is 5. The minimum Gasteiger partial charge on any atom is -0.458 e. The number of carbonyl (C=O) groups is 2. The lowest BCUT2D eigenvalue weighted by molar-refractivity contribution is -0.362.